The summed E-state index contributed by atoms with van der Waals surface area (Å²) in [7, 11) is 0. The number of fused-ring (bicyclic) bond motifs is 1. The highest BCUT2D eigenvalue weighted by Gasteiger charge is 2.21. The Balaban J connectivity index is 1.52. The first-order valence-corrected chi connectivity index (χ1v) is 7.66. The van der Waals surface area contributed by atoms with Crippen LogP contribution in [0.4, 0.5) is 0 Å². The molecule has 7 nitrogen and oxygen atoms in total. The van der Waals surface area contributed by atoms with Gasteiger partial charge in [-0.15, -0.1) is 0 Å². The Morgan fingerprint density at radius 2 is 2.26 bits per heavy atom. The molecule has 0 spiro atoms. The molecule has 1 aliphatic heterocycles. The fourth-order valence-corrected chi connectivity index (χ4v) is 3.01. The Hall–Kier alpha value is -2.45. The summed E-state index contributed by atoms with van der Waals surface area (Å²) in [6, 6.07) is 5.48. The van der Waals surface area contributed by atoms with Gasteiger partial charge >= 0.3 is 0 Å². The third-order valence-electron chi connectivity index (χ3n) is 3.90. The lowest BCUT2D eigenvalue weighted by Crippen LogP contribution is -2.35. The summed E-state index contributed by atoms with van der Waals surface area (Å²) in [5, 5.41) is 4.07. The third kappa shape index (κ3) is 2.78. The number of hydrogen-bond acceptors (Lipinski definition) is 6. The lowest BCUT2D eigenvalue weighted by Gasteiger charge is -2.26. The van der Waals surface area contributed by atoms with Crippen molar-refractivity contribution in [3.63, 3.8) is 0 Å². The van der Waals surface area contributed by atoms with E-state index in [0.717, 1.165) is 29.9 Å². The number of rotatable bonds is 3. The van der Waals surface area contributed by atoms with Crippen molar-refractivity contribution in [2.75, 3.05) is 6.54 Å². The van der Waals surface area contributed by atoms with Gasteiger partial charge in [0, 0.05) is 37.8 Å². The van der Waals surface area contributed by atoms with E-state index in [-0.39, 0.29) is 5.56 Å². The van der Waals surface area contributed by atoms with E-state index in [2.05, 4.69) is 20.0 Å². The Kier molecular flexibility index (Phi) is 3.47. The van der Waals surface area contributed by atoms with Gasteiger partial charge in [-0.05, 0) is 24.4 Å². The van der Waals surface area contributed by atoms with Crippen LogP contribution in [0.15, 0.2) is 38.2 Å². The first-order chi connectivity index (χ1) is 11.2. The van der Waals surface area contributed by atoms with Crippen molar-refractivity contribution in [2.45, 2.75) is 19.5 Å². The Morgan fingerprint density at radius 1 is 1.35 bits per heavy atom. The molecular weight excluding hydrogens is 316 g/mol. The smallest absolute Gasteiger partial charge is 0.256 e. The highest BCUT2D eigenvalue weighted by atomic mass is 32.1. The van der Waals surface area contributed by atoms with Crippen LogP contribution in [-0.2, 0) is 19.5 Å². The molecule has 8 heteroatoms. The molecule has 0 radical (unpaired) electrons. The summed E-state index contributed by atoms with van der Waals surface area (Å²) in [4.78, 5) is 19.9. The van der Waals surface area contributed by atoms with Gasteiger partial charge in [0.1, 0.15) is 0 Å². The monoisotopic (exact) mass is 330 g/mol. The van der Waals surface area contributed by atoms with Crippen molar-refractivity contribution >= 4 is 12.2 Å². The van der Waals surface area contributed by atoms with Crippen LogP contribution in [0, 0.1) is 4.77 Å². The average molecular weight is 330 g/mol. The van der Waals surface area contributed by atoms with Gasteiger partial charge in [-0.2, -0.15) is 0 Å². The first-order valence-electron chi connectivity index (χ1n) is 7.25. The van der Waals surface area contributed by atoms with Gasteiger partial charge in [0.2, 0.25) is 5.76 Å². The maximum Gasteiger partial charge on any atom is 0.256 e. The van der Waals surface area contributed by atoms with Crippen molar-refractivity contribution in [2.24, 2.45) is 0 Å². The standard InChI is InChI=1S/C15H14N4O3S/c20-14-10-8-19(4-3-11(10)16-15(23)17-14)7-9-6-13(22-18-9)12-2-1-5-21-12/h1-2,5-6H,3-4,7-8H2,(H2,16,17,20,23). The molecule has 3 aromatic heterocycles. The number of nitrogens with zero attached hydrogens (tertiary/aromatic N) is 2. The molecule has 118 valence electrons. The van der Waals surface area contributed by atoms with Crippen LogP contribution >= 0.6 is 12.2 Å². The number of furan rings is 1. The number of hydrogen-bond donors (Lipinski definition) is 2. The Bertz CT molecular complexity index is 938. The van der Waals surface area contributed by atoms with Gasteiger partial charge in [-0.3, -0.25) is 14.7 Å². The van der Waals surface area contributed by atoms with Crippen molar-refractivity contribution < 1.29 is 8.94 Å². The molecule has 0 bridgehead atoms. The van der Waals surface area contributed by atoms with Crippen molar-refractivity contribution in [3.05, 3.63) is 56.5 Å². The largest absolute Gasteiger partial charge is 0.461 e. The third-order valence-corrected chi connectivity index (χ3v) is 4.10. The SMILES string of the molecule is O=c1[nH]c(=S)[nH]c2c1CN(Cc1cc(-c3ccco3)on1)CC2. The van der Waals surface area contributed by atoms with Crippen LogP contribution in [-0.4, -0.2) is 26.6 Å². The second kappa shape index (κ2) is 5.64. The zero-order valence-electron chi connectivity index (χ0n) is 12.2. The summed E-state index contributed by atoms with van der Waals surface area (Å²) >= 11 is 5.01. The summed E-state index contributed by atoms with van der Waals surface area (Å²) in [5.74, 6) is 1.25. The molecule has 4 rings (SSSR count). The van der Waals surface area contributed by atoms with Crippen LogP contribution < -0.4 is 5.56 Å². The number of H-pyrrole nitrogens is 2. The van der Waals surface area contributed by atoms with Gasteiger partial charge in [0.25, 0.3) is 5.56 Å². The van der Waals surface area contributed by atoms with Crippen molar-refractivity contribution in [3.8, 4) is 11.5 Å². The predicted octanol–water partition coefficient (Wildman–Crippen LogP) is 2.24. The van der Waals surface area contributed by atoms with E-state index in [4.69, 9.17) is 21.2 Å². The fourth-order valence-electron chi connectivity index (χ4n) is 2.80. The Labute approximate surface area is 135 Å². The molecule has 0 saturated heterocycles. The van der Waals surface area contributed by atoms with E-state index in [1.54, 1.807) is 12.3 Å². The molecule has 0 amide bonds. The predicted molar refractivity (Wildman–Crippen MR) is 84.3 cm³/mol. The molecule has 23 heavy (non-hydrogen) atoms. The molecule has 0 atom stereocenters. The second-order valence-electron chi connectivity index (χ2n) is 5.49. The molecule has 0 fully saturated rings. The van der Waals surface area contributed by atoms with E-state index in [1.165, 1.54) is 0 Å². The summed E-state index contributed by atoms with van der Waals surface area (Å²) < 4.78 is 11.0. The van der Waals surface area contributed by atoms with Gasteiger partial charge in [-0.25, -0.2) is 0 Å². The van der Waals surface area contributed by atoms with Gasteiger partial charge in [-0.1, -0.05) is 5.16 Å². The van der Waals surface area contributed by atoms with Crippen LogP contribution in [0.5, 0.6) is 0 Å². The summed E-state index contributed by atoms with van der Waals surface area (Å²) in [6.45, 7) is 1.99. The van der Waals surface area contributed by atoms with E-state index in [9.17, 15) is 4.79 Å². The van der Waals surface area contributed by atoms with Crippen molar-refractivity contribution in [1.82, 2.24) is 20.0 Å². The molecule has 3 aromatic rings. The molecule has 0 aliphatic carbocycles. The minimum atomic E-state index is -0.120. The second-order valence-corrected chi connectivity index (χ2v) is 5.89. The number of aromatic nitrogens is 3. The first kappa shape index (κ1) is 14.2. The number of aromatic amines is 2. The van der Waals surface area contributed by atoms with Crippen molar-refractivity contribution in [1.29, 1.82) is 0 Å². The number of nitrogens with one attached hydrogen (secondary N) is 2. The summed E-state index contributed by atoms with van der Waals surface area (Å²) in [5.41, 5.74) is 2.34. The lowest BCUT2D eigenvalue weighted by molar-refractivity contribution is 0.234. The minimum absolute atomic E-state index is 0.120. The molecule has 4 heterocycles. The fraction of sp³-hybridized carbons (Fsp3) is 0.267. The maximum absolute atomic E-state index is 12.0. The molecule has 0 saturated carbocycles. The van der Waals surface area contributed by atoms with E-state index < -0.39 is 0 Å². The molecular formula is C15H14N4O3S. The quantitative estimate of drug-likeness (QED) is 0.716. The minimum Gasteiger partial charge on any atom is -0.461 e. The van der Waals surface area contributed by atoms with E-state index in [0.29, 0.717) is 29.4 Å². The maximum atomic E-state index is 12.0. The lowest BCUT2D eigenvalue weighted by atomic mass is 10.1. The Morgan fingerprint density at radius 3 is 3.09 bits per heavy atom. The van der Waals surface area contributed by atoms with Crippen LogP contribution in [0.3, 0.4) is 0 Å². The molecule has 0 aromatic carbocycles. The van der Waals surface area contributed by atoms with E-state index in [1.807, 2.05) is 12.1 Å². The normalized spacial score (nSPS) is 14.8. The molecule has 2 N–H and O–H groups in total. The summed E-state index contributed by atoms with van der Waals surface area (Å²) in [6.07, 6.45) is 2.35. The molecule has 0 unspecified atom stereocenters. The van der Waals surface area contributed by atoms with Gasteiger partial charge < -0.3 is 13.9 Å². The zero-order valence-corrected chi connectivity index (χ0v) is 13.0. The topological polar surface area (TPSA) is 91.1 Å². The van der Waals surface area contributed by atoms with E-state index >= 15 is 0 Å². The highest BCUT2D eigenvalue weighted by molar-refractivity contribution is 7.71. The molecule has 1 aliphatic rings. The van der Waals surface area contributed by atoms with Crippen LogP contribution in [0.25, 0.3) is 11.5 Å². The average Bonchev–Trinajstić information content (AvgIpc) is 3.19. The van der Waals surface area contributed by atoms with Gasteiger partial charge in [0.05, 0.1) is 17.5 Å². The van der Waals surface area contributed by atoms with Crippen LogP contribution in [0.2, 0.25) is 0 Å². The van der Waals surface area contributed by atoms with Crippen LogP contribution in [0.1, 0.15) is 17.0 Å². The van der Waals surface area contributed by atoms with Gasteiger partial charge in [0.15, 0.2) is 10.5 Å². The zero-order chi connectivity index (χ0) is 15.8. The highest BCUT2D eigenvalue weighted by Crippen LogP contribution is 2.22.